The van der Waals surface area contributed by atoms with Crippen LogP contribution in [0.4, 0.5) is 0 Å². The Kier molecular flexibility index (Phi) is 11.7. The molecule has 0 heterocycles. The van der Waals surface area contributed by atoms with Crippen LogP contribution in [-0.4, -0.2) is 12.4 Å². The average Bonchev–Trinajstić information content (AvgIpc) is 2.75. The maximum absolute atomic E-state index is 12.6. The highest BCUT2D eigenvalue weighted by molar-refractivity contribution is 5.99. The smallest absolute Gasteiger partial charge is 0.159 e. The largest absolute Gasteiger partial charge is 0.494 e. The first-order valence-electron chi connectivity index (χ1n) is 12.6. The van der Waals surface area contributed by atoms with Crippen LogP contribution in [0, 0.1) is 11.8 Å². The fourth-order valence-corrected chi connectivity index (χ4v) is 4.29. The van der Waals surface area contributed by atoms with E-state index >= 15 is 0 Å². The molecule has 0 saturated carbocycles. The average molecular weight is 425 g/mol. The molecule has 0 N–H and O–H groups in total. The lowest BCUT2D eigenvalue weighted by molar-refractivity contribution is -0.118. The van der Waals surface area contributed by atoms with Gasteiger partial charge in [-0.05, 0) is 87.6 Å². The number of ketones is 1. The molecule has 0 aromatic heterocycles. The van der Waals surface area contributed by atoms with Crippen LogP contribution in [0.15, 0.2) is 42.0 Å². The van der Waals surface area contributed by atoms with E-state index in [0.29, 0.717) is 11.7 Å². The van der Waals surface area contributed by atoms with E-state index in [4.69, 9.17) is 4.74 Å². The Hall–Kier alpha value is -1.83. The molecule has 0 amide bonds. The van der Waals surface area contributed by atoms with E-state index in [0.717, 1.165) is 50.0 Å². The van der Waals surface area contributed by atoms with E-state index < -0.39 is 0 Å². The zero-order chi connectivity index (χ0) is 22.5. The van der Waals surface area contributed by atoms with Gasteiger partial charge < -0.3 is 4.74 Å². The number of benzene rings is 1. The molecule has 2 unspecified atom stereocenters. The van der Waals surface area contributed by atoms with Crippen molar-refractivity contribution in [3.63, 3.8) is 0 Å². The Balaban J connectivity index is 1.74. The van der Waals surface area contributed by atoms with Gasteiger partial charge in [0.05, 0.1) is 6.61 Å². The Labute approximate surface area is 191 Å². The molecule has 1 aliphatic rings. The number of hydrogen-bond donors (Lipinski definition) is 0. The maximum atomic E-state index is 12.6. The zero-order valence-corrected chi connectivity index (χ0v) is 20.4. The second-order valence-electron chi connectivity index (χ2n) is 9.64. The molecular formula is C29H44O2. The molecule has 2 heteroatoms. The standard InChI is InChI=1S/C29H44O2/c1-5-6-7-8-9-13-26-14-15-27(22-29(26)30)25-16-18-28(19-17-25)31-21-20-24(4)12-10-11-23(2)3/h11,16-19,22,24,26H,5-10,12-15,20-21H2,1-4H3. The predicted octanol–water partition coefficient (Wildman–Crippen LogP) is 8.56. The van der Waals surface area contributed by atoms with Crippen LogP contribution in [-0.2, 0) is 4.79 Å². The number of ether oxygens (including phenoxy) is 1. The summed E-state index contributed by atoms with van der Waals surface area (Å²) in [5.74, 6) is 2.17. The molecule has 1 aromatic carbocycles. The summed E-state index contributed by atoms with van der Waals surface area (Å²) >= 11 is 0. The van der Waals surface area contributed by atoms with Crippen molar-refractivity contribution in [3.05, 3.63) is 47.6 Å². The van der Waals surface area contributed by atoms with Gasteiger partial charge in [0, 0.05) is 5.92 Å². The van der Waals surface area contributed by atoms with Crippen LogP contribution < -0.4 is 4.74 Å². The number of allylic oxidation sites excluding steroid dienone is 4. The highest BCUT2D eigenvalue weighted by Crippen LogP contribution is 2.31. The molecule has 2 nitrogen and oxygen atoms in total. The third-order valence-electron chi connectivity index (χ3n) is 6.45. The second kappa shape index (κ2) is 14.3. The van der Waals surface area contributed by atoms with E-state index in [1.165, 1.54) is 49.7 Å². The monoisotopic (exact) mass is 424 g/mol. The third-order valence-corrected chi connectivity index (χ3v) is 6.45. The number of rotatable bonds is 14. The van der Waals surface area contributed by atoms with Crippen molar-refractivity contribution >= 4 is 11.4 Å². The van der Waals surface area contributed by atoms with Crippen LogP contribution >= 0.6 is 0 Å². The lowest BCUT2D eigenvalue weighted by Crippen LogP contribution is -2.17. The Morgan fingerprint density at radius 2 is 1.84 bits per heavy atom. The number of carbonyl (C=O) groups excluding carboxylic acids is 1. The van der Waals surface area contributed by atoms with Gasteiger partial charge in [0.1, 0.15) is 5.75 Å². The molecule has 1 aromatic rings. The molecule has 1 aliphatic carbocycles. The summed E-state index contributed by atoms with van der Waals surface area (Å²) in [5.41, 5.74) is 3.75. The van der Waals surface area contributed by atoms with Crippen LogP contribution in [0.25, 0.3) is 5.57 Å². The fourth-order valence-electron chi connectivity index (χ4n) is 4.29. The molecule has 31 heavy (non-hydrogen) atoms. The third kappa shape index (κ3) is 9.89. The fraction of sp³-hybridized carbons (Fsp3) is 0.621. The Morgan fingerprint density at radius 1 is 1.10 bits per heavy atom. The van der Waals surface area contributed by atoms with Crippen molar-refractivity contribution in [2.24, 2.45) is 11.8 Å². The lowest BCUT2D eigenvalue weighted by atomic mass is 9.83. The minimum absolute atomic E-state index is 0.242. The van der Waals surface area contributed by atoms with Gasteiger partial charge in [-0.15, -0.1) is 0 Å². The minimum atomic E-state index is 0.242. The van der Waals surface area contributed by atoms with Crippen molar-refractivity contribution in [1.82, 2.24) is 0 Å². The highest BCUT2D eigenvalue weighted by Gasteiger charge is 2.22. The van der Waals surface area contributed by atoms with Gasteiger partial charge in [-0.1, -0.05) is 69.7 Å². The molecule has 0 spiro atoms. The zero-order valence-electron chi connectivity index (χ0n) is 20.4. The van der Waals surface area contributed by atoms with E-state index in [1.54, 1.807) is 0 Å². The number of hydrogen-bond acceptors (Lipinski definition) is 2. The van der Waals surface area contributed by atoms with Crippen LogP contribution in [0.3, 0.4) is 0 Å². The summed E-state index contributed by atoms with van der Waals surface area (Å²) in [7, 11) is 0. The summed E-state index contributed by atoms with van der Waals surface area (Å²) in [6.07, 6.45) is 17.1. The minimum Gasteiger partial charge on any atom is -0.494 e. The molecule has 0 fully saturated rings. The molecule has 2 rings (SSSR count). The molecule has 2 atom stereocenters. The van der Waals surface area contributed by atoms with E-state index in [9.17, 15) is 4.79 Å². The summed E-state index contributed by atoms with van der Waals surface area (Å²) < 4.78 is 5.95. The van der Waals surface area contributed by atoms with Gasteiger partial charge in [0.2, 0.25) is 0 Å². The molecule has 0 bridgehead atoms. The van der Waals surface area contributed by atoms with Crippen LogP contribution in [0.5, 0.6) is 5.75 Å². The van der Waals surface area contributed by atoms with Gasteiger partial charge in [-0.3, -0.25) is 4.79 Å². The molecule has 172 valence electrons. The number of carbonyl (C=O) groups is 1. The van der Waals surface area contributed by atoms with Gasteiger partial charge in [-0.2, -0.15) is 0 Å². The summed E-state index contributed by atoms with van der Waals surface area (Å²) in [4.78, 5) is 12.6. The van der Waals surface area contributed by atoms with E-state index in [-0.39, 0.29) is 5.92 Å². The van der Waals surface area contributed by atoms with Crippen LogP contribution in [0.2, 0.25) is 0 Å². The quantitative estimate of drug-likeness (QED) is 0.221. The predicted molar refractivity (Wildman–Crippen MR) is 133 cm³/mol. The van der Waals surface area contributed by atoms with Crippen molar-refractivity contribution in [2.45, 2.75) is 98.3 Å². The van der Waals surface area contributed by atoms with Crippen molar-refractivity contribution < 1.29 is 9.53 Å². The Bertz CT molecular complexity index is 707. The second-order valence-corrected chi connectivity index (χ2v) is 9.64. The first-order chi connectivity index (χ1) is 15.0. The highest BCUT2D eigenvalue weighted by atomic mass is 16.5. The molecule has 0 radical (unpaired) electrons. The normalized spacial score (nSPS) is 17.2. The van der Waals surface area contributed by atoms with Gasteiger partial charge in [-0.25, -0.2) is 0 Å². The summed E-state index contributed by atoms with van der Waals surface area (Å²) in [6, 6.07) is 8.32. The van der Waals surface area contributed by atoms with E-state index in [2.05, 4.69) is 45.9 Å². The van der Waals surface area contributed by atoms with Crippen molar-refractivity contribution in [1.29, 1.82) is 0 Å². The van der Waals surface area contributed by atoms with Gasteiger partial charge in [0.15, 0.2) is 5.78 Å². The first kappa shape index (κ1) is 25.4. The topological polar surface area (TPSA) is 26.3 Å². The van der Waals surface area contributed by atoms with E-state index in [1.807, 2.05) is 18.2 Å². The maximum Gasteiger partial charge on any atom is 0.159 e. The summed E-state index contributed by atoms with van der Waals surface area (Å²) in [6.45, 7) is 9.62. The molecule has 0 saturated heterocycles. The summed E-state index contributed by atoms with van der Waals surface area (Å²) in [5, 5.41) is 0. The van der Waals surface area contributed by atoms with Gasteiger partial charge >= 0.3 is 0 Å². The van der Waals surface area contributed by atoms with Gasteiger partial charge in [0.25, 0.3) is 0 Å². The SMILES string of the molecule is CCCCCCCC1CCC(c2ccc(OCCC(C)CCC=C(C)C)cc2)=CC1=O. The first-order valence-corrected chi connectivity index (χ1v) is 12.6. The van der Waals surface area contributed by atoms with Crippen molar-refractivity contribution in [2.75, 3.05) is 6.61 Å². The molecule has 0 aliphatic heterocycles. The Morgan fingerprint density at radius 3 is 2.52 bits per heavy atom. The molecular weight excluding hydrogens is 380 g/mol. The van der Waals surface area contributed by atoms with Crippen LogP contribution in [0.1, 0.15) is 104 Å². The number of unbranched alkanes of at least 4 members (excludes halogenated alkanes) is 4. The van der Waals surface area contributed by atoms with Crippen molar-refractivity contribution in [3.8, 4) is 5.75 Å². The lowest BCUT2D eigenvalue weighted by Gasteiger charge is -2.21.